The van der Waals surface area contributed by atoms with Gasteiger partial charge < -0.3 is 15.5 Å². The van der Waals surface area contributed by atoms with Crippen LogP contribution in [0.25, 0.3) is 0 Å². The second kappa shape index (κ2) is 11.6. The van der Waals surface area contributed by atoms with Crippen molar-refractivity contribution in [2.75, 3.05) is 57.3 Å². The van der Waals surface area contributed by atoms with E-state index in [0.717, 1.165) is 77.1 Å². The van der Waals surface area contributed by atoms with E-state index in [2.05, 4.69) is 54.8 Å². The fraction of sp³-hybridized carbons (Fsp3) is 0.550. The van der Waals surface area contributed by atoms with Gasteiger partial charge in [-0.15, -0.1) is 11.3 Å². The molecule has 152 valence electrons. The Morgan fingerprint density at radius 2 is 1.96 bits per heavy atom. The molecule has 2 aromatic rings. The van der Waals surface area contributed by atoms with Crippen LogP contribution in [-0.4, -0.2) is 73.2 Å². The molecule has 0 radical (unpaired) electrons. The SMILES string of the molecule is CCNC(=NCCCN1CCN(c2ncccn2)CC1)NCCc1cccs1. The van der Waals surface area contributed by atoms with Crippen LogP contribution in [0.5, 0.6) is 0 Å². The van der Waals surface area contributed by atoms with Gasteiger partial charge in [0.1, 0.15) is 0 Å². The number of nitrogens with one attached hydrogen (secondary N) is 2. The Hall–Kier alpha value is -2.19. The zero-order chi connectivity index (χ0) is 19.4. The second-order valence-corrected chi connectivity index (χ2v) is 7.78. The Kier molecular flexibility index (Phi) is 8.52. The van der Waals surface area contributed by atoms with E-state index in [0.29, 0.717) is 0 Å². The maximum Gasteiger partial charge on any atom is 0.225 e. The third kappa shape index (κ3) is 6.76. The first kappa shape index (κ1) is 20.5. The lowest BCUT2D eigenvalue weighted by molar-refractivity contribution is 0.255. The number of hydrogen-bond acceptors (Lipinski definition) is 6. The van der Waals surface area contributed by atoms with Gasteiger partial charge in [0, 0.05) is 69.6 Å². The first-order valence-corrected chi connectivity index (χ1v) is 11.0. The summed E-state index contributed by atoms with van der Waals surface area (Å²) in [6.45, 7) is 9.91. The quantitative estimate of drug-likeness (QED) is 0.380. The summed E-state index contributed by atoms with van der Waals surface area (Å²) in [5.41, 5.74) is 0. The second-order valence-electron chi connectivity index (χ2n) is 6.75. The molecule has 0 aliphatic carbocycles. The first-order chi connectivity index (χ1) is 13.8. The number of anilines is 1. The van der Waals surface area contributed by atoms with Crippen molar-refractivity contribution in [3.63, 3.8) is 0 Å². The van der Waals surface area contributed by atoms with Gasteiger partial charge in [0.2, 0.25) is 5.95 Å². The molecule has 1 saturated heterocycles. The molecule has 0 amide bonds. The fourth-order valence-electron chi connectivity index (χ4n) is 3.21. The molecule has 28 heavy (non-hydrogen) atoms. The van der Waals surface area contributed by atoms with Crippen molar-refractivity contribution in [3.8, 4) is 0 Å². The van der Waals surface area contributed by atoms with E-state index >= 15 is 0 Å². The normalized spacial score (nSPS) is 15.6. The maximum absolute atomic E-state index is 4.72. The summed E-state index contributed by atoms with van der Waals surface area (Å²) in [7, 11) is 0. The van der Waals surface area contributed by atoms with Crippen molar-refractivity contribution in [2.45, 2.75) is 19.8 Å². The minimum absolute atomic E-state index is 0.843. The van der Waals surface area contributed by atoms with Crippen LogP contribution in [0.15, 0.2) is 41.0 Å². The van der Waals surface area contributed by atoms with Crippen molar-refractivity contribution in [3.05, 3.63) is 40.8 Å². The van der Waals surface area contributed by atoms with E-state index in [1.165, 1.54) is 4.88 Å². The van der Waals surface area contributed by atoms with E-state index in [4.69, 9.17) is 4.99 Å². The molecular weight excluding hydrogens is 370 g/mol. The first-order valence-electron chi connectivity index (χ1n) is 10.1. The van der Waals surface area contributed by atoms with Gasteiger partial charge in [-0.25, -0.2) is 9.97 Å². The number of thiophene rings is 1. The van der Waals surface area contributed by atoms with Gasteiger partial charge in [0.05, 0.1) is 0 Å². The summed E-state index contributed by atoms with van der Waals surface area (Å²) < 4.78 is 0. The molecule has 2 N–H and O–H groups in total. The van der Waals surface area contributed by atoms with Gasteiger partial charge in [0.15, 0.2) is 5.96 Å². The van der Waals surface area contributed by atoms with Crippen molar-refractivity contribution in [1.82, 2.24) is 25.5 Å². The highest BCUT2D eigenvalue weighted by atomic mass is 32.1. The number of rotatable bonds is 9. The van der Waals surface area contributed by atoms with Crippen molar-refractivity contribution in [1.29, 1.82) is 0 Å². The molecule has 3 rings (SSSR count). The molecule has 0 aromatic carbocycles. The fourth-order valence-corrected chi connectivity index (χ4v) is 3.92. The molecule has 0 bridgehead atoms. The molecule has 0 saturated carbocycles. The van der Waals surface area contributed by atoms with E-state index in [-0.39, 0.29) is 0 Å². The minimum atomic E-state index is 0.843. The Bertz CT molecular complexity index is 682. The molecule has 1 aliphatic heterocycles. The van der Waals surface area contributed by atoms with Gasteiger partial charge in [-0.05, 0) is 37.3 Å². The molecular formula is C20H31N7S. The Morgan fingerprint density at radius 1 is 1.14 bits per heavy atom. The van der Waals surface area contributed by atoms with Crippen molar-refractivity contribution >= 4 is 23.2 Å². The summed E-state index contributed by atoms with van der Waals surface area (Å²) in [6.07, 6.45) is 5.73. The van der Waals surface area contributed by atoms with Crippen LogP contribution in [0, 0.1) is 0 Å². The number of nitrogens with zero attached hydrogens (tertiary/aromatic N) is 5. The standard InChI is InChI=1S/C20H31N7S/c1-2-21-19(23-11-7-18-6-3-17-28-18)22-10-5-12-26-13-15-27(16-14-26)20-24-8-4-9-25-20/h3-4,6,8-9,17H,2,5,7,10-16H2,1H3,(H2,21,22,23). The number of hydrogen-bond donors (Lipinski definition) is 2. The van der Waals surface area contributed by atoms with Gasteiger partial charge in [-0.1, -0.05) is 6.07 Å². The number of piperazine rings is 1. The summed E-state index contributed by atoms with van der Waals surface area (Å²) in [5.74, 6) is 1.76. The van der Waals surface area contributed by atoms with Crippen molar-refractivity contribution < 1.29 is 0 Å². The lowest BCUT2D eigenvalue weighted by atomic mass is 10.3. The Labute approximate surface area is 171 Å². The van der Waals surface area contributed by atoms with Crippen LogP contribution in [0.3, 0.4) is 0 Å². The summed E-state index contributed by atoms with van der Waals surface area (Å²) >= 11 is 1.81. The molecule has 1 aliphatic rings. The van der Waals surface area contributed by atoms with E-state index in [1.54, 1.807) is 11.3 Å². The van der Waals surface area contributed by atoms with Gasteiger partial charge in [-0.2, -0.15) is 0 Å². The number of guanidine groups is 1. The van der Waals surface area contributed by atoms with Gasteiger partial charge in [-0.3, -0.25) is 9.89 Å². The molecule has 0 unspecified atom stereocenters. The molecule has 3 heterocycles. The van der Waals surface area contributed by atoms with E-state index < -0.39 is 0 Å². The number of aliphatic imine (C=N–C) groups is 1. The minimum Gasteiger partial charge on any atom is -0.357 e. The summed E-state index contributed by atoms with van der Waals surface area (Å²) in [4.78, 5) is 19.6. The van der Waals surface area contributed by atoms with Crippen LogP contribution in [0.2, 0.25) is 0 Å². The van der Waals surface area contributed by atoms with Crippen LogP contribution < -0.4 is 15.5 Å². The Morgan fingerprint density at radius 3 is 2.68 bits per heavy atom. The van der Waals surface area contributed by atoms with Gasteiger partial charge in [0.25, 0.3) is 0 Å². The predicted octanol–water partition coefficient (Wildman–Crippen LogP) is 1.85. The van der Waals surface area contributed by atoms with E-state index in [9.17, 15) is 0 Å². The lowest BCUT2D eigenvalue weighted by Gasteiger charge is -2.34. The summed E-state index contributed by atoms with van der Waals surface area (Å²) in [6, 6.07) is 6.14. The maximum atomic E-state index is 4.72. The lowest BCUT2D eigenvalue weighted by Crippen LogP contribution is -2.47. The summed E-state index contributed by atoms with van der Waals surface area (Å²) in [5, 5.41) is 8.89. The van der Waals surface area contributed by atoms with E-state index in [1.807, 2.05) is 18.5 Å². The molecule has 0 spiro atoms. The molecule has 1 fully saturated rings. The highest BCUT2D eigenvalue weighted by Gasteiger charge is 2.18. The van der Waals surface area contributed by atoms with Crippen LogP contribution in [-0.2, 0) is 6.42 Å². The molecule has 8 heteroatoms. The Balaban J connectivity index is 1.32. The van der Waals surface area contributed by atoms with Crippen LogP contribution in [0.1, 0.15) is 18.2 Å². The van der Waals surface area contributed by atoms with Gasteiger partial charge >= 0.3 is 0 Å². The molecule has 7 nitrogen and oxygen atoms in total. The predicted molar refractivity (Wildman–Crippen MR) is 117 cm³/mol. The monoisotopic (exact) mass is 401 g/mol. The third-order valence-electron chi connectivity index (χ3n) is 4.70. The zero-order valence-corrected chi connectivity index (χ0v) is 17.5. The smallest absolute Gasteiger partial charge is 0.225 e. The van der Waals surface area contributed by atoms with Crippen molar-refractivity contribution in [2.24, 2.45) is 4.99 Å². The average Bonchev–Trinajstić information content (AvgIpc) is 3.26. The number of aromatic nitrogens is 2. The van der Waals surface area contributed by atoms with Crippen LogP contribution in [0.4, 0.5) is 5.95 Å². The molecule has 2 aromatic heterocycles. The highest BCUT2D eigenvalue weighted by Crippen LogP contribution is 2.10. The van der Waals surface area contributed by atoms with Crippen LogP contribution >= 0.6 is 11.3 Å². The zero-order valence-electron chi connectivity index (χ0n) is 16.7. The third-order valence-corrected chi connectivity index (χ3v) is 5.63. The highest BCUT2D eigenvalue weighted by molar-refractivity contribution is 7.09. The molecule has 0 atom stereocenters. The average molecular weight is 402 g/mol. The topological polar surface area (TPSA) is 68.7 Å². The largest absolute Gasteiger partial charge is 0.357 e.